The van der Waals surface area contributed by atoms with Crippen LogP contribution in [-0.2, 0) is 4.79 Å². The number of hydrogen-bond donors (Lipinski definition) is 1. The molecule has 0 spiro atoms. The molecule has 0 unspecified atom stereocenters. The second-order valence-corrected chi connectivity index (χ2v) is 4.40. The molecule has 2 aromatic rings. The minimum Gasteiger partial charge on any atom is -0.478 e. The fourth-order valence-electron chi connectivity index (χ4n) is 1.79. The number of carboxylic acid groups (broad SMARTS) is 1. The topological polar surface area (TPSA) is 86.9 Å². The molecule has 0 saturated carbocycles. The van der Waals surface area contributed by atoms with Crippen molar-refractivity contribution >= 4 is 11.5 Å². The van der Waals surface area contributed by atoms with Crippen molar-refractivity contribution in [2.45, 2.75) is 6.92 Å². The molecule has 0 aliphatic heterocycles. The van der Waals surface area contributed by atoms with Gasteiger partial charge in [0, 0.05) is 23.5 Å². The van der Waals surface area contributed by atoms with E-state index in [4.69, 9.17) is 5.26 Å². The Morgan fingerprint density at radius 3 is 2.36 bits per heavy atom. The predicted octanol–water partition coefficient (Wildman–Crippen LogP) is 3.06. The Labute approximate surface area is 127 Å². The van der Waals surface area contributed by atoms with Crippen LogP contribution < -0.4 is 0 Å². The van der Waals surface area contributed by atoms with Gasteiger partial charge >= 0.3 is 5.97 Å². The van der Waals surface area contributed by atoms with E-state index in [1.807, 2.05) is 6.07 Å². The largest absolute Gasteiger partial charge is 0.478 e. The number of nitriles is 1. The molecular formula is C17H13N3O2. The molecular weight excluding hydrogens is 278 g/mol. The molecule has 0 fully saturated rings. The van der Waals surface area contributed by atoms with Gasteiger partial charge in [-0.3, -0.25) is 0 Å². The van der Waals surface area contributed by atoms with E-state index in [2.05, 4.69) is 9.97 Å². The summed E-state index contributed by atoms with van der Waals surface area (Å²) in [6, 6.07) is 8.91. The summed E-state index contributed by atoms with van der Waals surface area (Å²) in [7, 11) is 0. The third-order valence-corrected chi connectivity index (χ3v) is 2.92. The van der Waals surface area contributed by atoms with E-state index in [-0.39, 0.29) is 5.57 Å². The van der Waals surface area contributed by atoms with E-state index in [1.54, 1.807) is 43.3 Å². The molecule has 108 valence electrons. The molecule has 1 aromatic carbocycles. The molecule has 1 heterocycles. The highest BCUT2D eigenvalue weighted by Gasteiger charge is 2.11. The molecule has 0 amide bonds. The van der Waals surface area contributed by atoms with E-state index in [0.717, 1.165) is 5.56 Å². The first-order chi connectivity index (χ1) is 10.7. The van der Waals surface area contributed by atoms with Crippen LogP contribution in [0.25, 0.3) is 17.0 Å². The Balaban J connectivity index is 2.33. The van der Waals surface area contributed by atoms with Crippen molar-refractivity contribution < 1.29 is 9.90 Å². The van der Waals surface area contributed by atoms with Crippen molar-refractivity contribution in [2.24, 2.45) is 0 Å². The zero-order valence-corrected chi connectivity index (χ0v) is 11.9. The standard InChI is InChI=1S/C17H13N3O2/c1-2-3-4-15(17(21)22)14-10-19-16(20-11-14)13-7-5-12(9-18)6-8-13/h2-8,10-11H,1H3,(H,21,22). The first-order valence-electron chi connectivity index (χ1n) is 6.55. The van der Waals surface area contributed by atoms with Crippen LogP contribution in [0.15, 0.2) is 54.9 Å². The van der Waals surface area contributed by atoms with Crippen molar-refractivity contribution in [1.29, 1.82) is 5.26 Å². The second kappa shape index (κ2) is 6.95. The van der Waals surface area contributed by atoms with Crippen molar-refractivity contribution in [2.75, 3.05) is 0 Å². The summed E-state index contributed by atoms with van der Waals surface area (Å²) in [5, 5.41) is 18.0. The van der Waals surface area contributed by atoms with Gasteiger partial charge in [-0.2, -0.15) is 5.26 Å². The maximum Gasteiger partial charge on any atom is 0.336 e. The van der Waals surface area contributed by atoms with Gasteiger partial charge in [0.05, 0.1) is 17.2 Å². The first kappa shape index (κ1) is 15.1. The Bertz CT molecular complexity index is 767. The van der Waals surface area contributed by atoms with E-state index in [9.17, 15) is 9.90 Å². The van der Waals surface area contributed by atoms with Gasteiger partial charge in [-0.15, -0.1) is 0 Å². The van der Waals surface area contributed by atoms with Gasteiger partial charge in [0.2, 0.25) is 0 Å². The Kier molecular flexibility index (Phi) is 4.78. The molecule has 22 heavy (non-hydrogen) atoms. The molecule has 0 radical (unpaired) electrons. The second-order valence-electron chi connectivity index (χ2n) is 4.40. The highest BCUT2D eigenvalue weighted by atomic mass is 16.4. The smallest absolute Gasteiger partial charge is 0.336 e. The average molecular weight is 291 g/mol. The summed E-state index contributed by atoms with van der Waals surface area (Å²) >= 11 is 0. The van der Waals surface area contributed by atoms with Gasteiger partial charge in [0.1, 0.15) is 0 Å². The minimum absolute atomic E-state index is 0.129. The number of benzene rings is 1. The Hall–Kier alpha value is -3.26. The highest BCUT2D eigenvalue weighted by molar-refractivity contribution is 6.15. The normalized spacial score (nSPS) is 11.4. The zero-order valence-electron chi connectivity index (χ0n) is 11.9. The van der Waals surface area contributed by atoms with Crippen LogP contribution in [0.4, 0.5) is 0 Å². The van der Waals surface area contributed by atoms with Crippen LogP contribution >= 0.6 is 0 Å². The molecule has 0 aliphatic rings. The summed E-state index contributed by atoms with van der Waals surface area (Å²) in [4.78, 5) is 19.6. The van der Waals surface area contributed by atoms with Crippen LogP contribution in [0.5, 0.6) is 0 Å². The van der Waals surface area contributed by atoms with Crippen LogP contribution in [0.2, 0.25) is 0 Å². The SMILES string of the molecule is CC=CC=C(C(=O)O)c1cnc(-c2ccc(C#N)cc2)nc1. The van der Waals surface area contributed by atoms with Crippen molar-refractivity contribution in [3.05, 3.63) is 66.0 Å². The van der Waals surface area contributed by atoms with Crippen LogP contribution in [0, 0.1) is 11.3 Å². The lowest BCUT2D eigenvalue weighted by molar-refractivity contribution is -0.130. The molecule has 0 atom stereocenters. The van der Waals surface area contributed by atoms with Crippen LogP contribution in [-0.4, -0.2) is 21.0 Å². The quantitative estimate of drug-likeness (QED) is 0.691. The Morgan fingerprint density at radius 1 is 1.23 bits per heavy atom. The molecule has 5 nitrogen and oxygen atoms in total. The number of carboxylic acids is 1. The highest BCUT2D eigenvalue weighted by Crippen LogP contribution is 2.18. The third kappa shape index (κ3) is 3.44. The fraction of sp³-hybridized carbons (Fsp3) is 0.0588. The van der Waals surface area contributed by atoms with Crippen molar-refractivity contribution in [3.8, 4) is 17.5 Å². The summed E-state index contributed by atoms with van der Waals surface area (Å²) in [5.41, 5.74) is 1.88. The summed E-state index contributed by atoms with van der Waals surface area (Å²) < 4.78 is 0. The Morgan fingerprint density at radius 2 is 1.86 bits per heavy atom. The van der Waals surface area contributed by atoms with Gasteiger partial charge < -0.3 is 5.11 Å². The molecule has 0 aliphatic carbocycles. The molecule has 5 heteroatoms. The monoisotopic (exact) mass is 291 g/mol. The minimum atomic E-state index is -1.03. The van der Waals surface area contributed by atoms with Gasteiger partial charge in [-0.05, 0) is 37.3 Å². The van der Waals surface area contributed by atoms with Crippen molar-refractivity contribution in [3.63, 3.8) is 0 Å². The zero-order chi connectivity index (χ0) is 15.9. The van der Waals surface area contributed by atoms with Gasteiger partial charge in [-0.25, -0.2) is 14.8 Å². The summed E-state index contributed by atoms with van der Waals surface area (Å²) in [6.45, 7) is 1.81. The molecule has 0 saturated heterocycles. The maximum atomic E-state index is 11.2. The van der Waals surface area contributed by atoms with Gasteiger partial charge in [0.15, 0.2) is 5.82 Å². The average Bonchev–Trinajstić information content (AvgIpc) is 2.55. The molecule has 0 bridgehead atoms. The lowest BCUT2D eigenvalue weighted by Crippen LogP contribution is -2.01. The van der Waals surface area contributed by atoms with Crippen LogP contribution in [0.1, 0.15) is 18.1 Å². The van der Waals surface area contributed by atoms with Crippen molar-refractivity contribution in [1.82, 2.24) is 9.97 Å². The molecule has 2 rings (SSSR count). The lowest BCUT2D eigenvalue weighted by Gasteiger charge is -2.03. The van der Waals surface area contributed by atoms with Gasteiger partial charge in [0.25, 0.3) is 0 Å². The predicted molar refractivity (Wildman–Crippen MR) is 82.6 cm³/mol. The number of hydrogen-bond acceptors (Lipinski definition) is 4. The number of rotatable bonds is 4. The first-order valence-corrected chi connectivity index (χ1v) is 6.55. The number of allylic oxidation sites excluding steroid dienone is 3. The van der Waals surface area contributed by atoms with E-state index < -0.39 is 5.97 Å². The fourth-order valence-corrected chi connectivity index (χ4v) is 1.79. The number of aliphatic carboxylic acids is 1. The molecule has 1 N–H and O–H groups in total. The van der Waals surface area contributed by atoms with Gasteiger partial charge in [-0.1, -0.05) is 12.2 Å². The third-order valence-electron chi connectivity index (χ3n) is 2.92. The summed E-state index contributed by atoms with van der Waals surface area (Å²) in [6.07, 6.45) is 7.85. The number of carbonyl (C=O) groups is 1. The van der Waals surface area contributed by atoms with E-state index in [0.29, 0.717) is 17.0 Å². The lowest BCUT2D eigenvalue weighted by atomic mass is 10.1. The van der Waals surface area contributed by atoms with E-state index in [1.165, 1.54) is 18.5 Å². The van der Waals surface area contributed by atoms with E-state index >= 15 is 0 Å². The number of nitrogens with zero attached hydrogens (tertiary/aromatic N) is 3. The maximum absolute atomic E-state index is 11.2. The number of aromatic nitrogens is 2. The molecule has 1 aromatic heterocycles. The summed E-state index contributed by atoms with van der Waals surface area (Å²) in [5.74, 6) is -0.558. The van der Waals surface area contributed by atoms with Crippen LogP contribution in [0.3, 0.4) is 0 Å².